The number of amides is 2. The Labute approximate surface area is 117 Å². The second kappa shape index (κ2) is 7.78. The number of aromatic nitrogens is 1. The molecule has 1 aromatic heterocycles. The zero-order chi connectivity index (χ0) is 13.3. The van der Waals surface area contributed by atoms with Crippen molar-refractivity contribution in [3.63, 3.8) is 0 Å². The van der Waals surface area contributed by atoms with Gasteiger partial charge in [0.25, 0.3) is 0 Å². The van der Waals surface area contributed by atoms with Crippen molar-refractivity contribution in [1.82, 2.24) is 15.1 Å². The van der Waals surface area contributed by atoms with Gasteiger partial charge in [-0.2, -0.15) is 5.10 Å². The molecule has 1 fully saturated rings. The fourth-order valence-electron chi connectivity index (χ4n) is 1.95. The van der Waals surface area contributed by atoms with Crippen molar-refractivity contribution in [2.45, 2.75) is 37.4 Å². The SMILES string of the molecule is O=C(N/N=C/c1ccccn1)NSC1CCCCC1. The molecule has 1 saturated carbocycles. The first-order valence-electron chi connectivity index (χ1n) is 6.50. The van der Waals surface area contributed by atoms with Gasteiger partial charge in [0.2, 0.25) is 0 Å². The molecule has 0 radical (unpaired) electrons. The summed E-state index contributed by atoms with van der Waals surface area (Å²) in [5.74, 6) is 0. The summed E-state index contributed by atoms with van der Waals surface area (Å²) >= 11 is 1.50. The Hall–Kier alpha value is -1.56. The lowest BCUT2D eigenvalue weighted by molar-refractivity contribution is 0.247. The third-order valence-corrected chi connectivity index (χ3v) is 4.03. The van der Waals surface area contributed by atoms with Crippen LogP contribution in [-0.4, -0.2) is 22.5 Å². The molecule has 0 unspecified atom stereocenters. The van der Waals surface area contributed by atoms with E-state index < -0.39 is 0 Å². The Bertz CT molecular complexity index is 418. The number of pyridine rings is 1. The molecular weight excluding hydrogens is 260 g/mol. The molecule has 6 heteroatoms. The van der Waals surface area contributed by atoms with Crippen molar-refractivity contribution in [1.29, 1.82) is 0 Å². The average molecular weight is 278 g/mol. The van der Waals surface area contributed by atoms with Crippen molar-refractivity contribution < 1.29 is 4.79 Å². The van der Waals surface area contributed by atoms with Crippen molar-refractivity contribution in [2.75, 3.05) is 0 Å². The minimum atomic E-state index is -0.289. The molecule has 102 valence electrons. The highest BCUT2D eigenvalue weighted by molar-refractivity contribution is 7.98. The van der Waals surface area contributed by atoms with Gasteiger partial charge in [-0.1, -0.05) is 25.3 Å². The van der Waals surface area contributed by atoms with Crippen LogP contribution in [0.5, 0.6) is 0 Å². The molecule has 0 saturated heterocycles. The maximum Gasteiger partial charge on any atom is 0.345 e. The maximum atomic E-state index is 11.5. The molecule has 0 spiro atoms. The summed E-state index contributed by atoms with van der Waals surface area (Å²) in [4.78, 5) is 15.6. The minimum absolute atomic E-state index is 0.289. The second-order valence-electron chi connectivity index (χ2n) is 4.43. The van der Waals surface area contributed by atoms with Crippen LogP contribution in [0.1, 0.15) is 37.8 Å². The van der Waals surface area contributed by atoms with E-state index >= 15 is 0 Å². The first-order valence-corrected chi connectivity index (χ1v) is 7.38. The van der Waals surface area contributed by atoms with Gasteiger partial charge in [0.15, 0.2) is 0 Å². The molecule has 19 heavy (non-hydrogen) atoms. The normalized spacial score (nSPS) is 16.4. The summed E-state index contributed by atoms with van der Waals surface area (Å²) in [6.07, 6.45) is 9.41. The molecule has 0 atom stereocenters. The van der Waals surface area contributed by atoms with Crippen LogP contribution in [0.15, 0.2) is 29.5 Å². The number of nitrogens with one attached hydrogen (secondary N) is 2. The molecule has 2 N–H and O–H groups in total. The summed E-state index contributed by atoms with van der Waals surface area (Å²) in [6, 6.07) is 5.23. The number of urea groups is 1. The topological polar surface area (TPSA) is 66.4 Å². The summed E-state index contributed by atoms with van der Waals surface area (Å²) in [6.45, 7) is 0. The van der Waals surface area contributed by atoms with Gasteiger partial charge in [-0.3, -0.25) is 9.71 Å². The summed E-state index contributed by atoms with van der Waals surface area (Å²) in [7, 11) is 0. The molecule has 1 aromatic rings. The predicted molar refractivity (Wildman–Crippen MR) is 78.0 cm³/mol. The zero-order valence-corrected chi connectivity index (χ0v) is 11.5. The van der Waals surface area contributed by atoms with Gasteiger partial charge < -0.3 is 0 Å². The van der Waals surface area contributed by atoms with Gasteiger partial charge in [-0.25, -0.2) is 10.2 Å². The quantitative estimate of drug-likeness (QED) is 0.505. The lowest BCUT2D eigenvalue weighted by Crippen LogP contribution is -2.29. The standard InChI is InChI=1S/C13H18N4OS/c18-13(17-19-12-7-2-1-3-8-12)16-15-10-11-6-4-5-9-14-11/h4-6,9-10,12H,1-3,7-8H2,(H2,16,17,18)/b15-10+. The van der Waals surface area contributed by atoms with Gasteiger partial charge >= 0.3 is 6.03 Å². The molecule has 1 aliphatic rings. The van der Waals surface area contributed by atoms with Crippen LogP contribution < -0.4 is 10.1 Å². The van der Waals surface area contributed by atoms with Crippen LogP contribution in [0.4, 0.5) is 4.79 Å². The van der Waals surface area contributed by atoms with E-state index in [1.165, 1.54) is 50.3 Å². The van der Waals surface area contributed by atoms with Crippen molar-refractivity contribution >= 4 is 24.2 Å². The van der Waals surface area contributed by atoms with Gasteiger partial charge in [-0.05, 0) is 36.9 Å². The third-order valence-electron chi connectivity index (χ3n) is 2.92. The smallest absolute Gasteiger partial charge is 0.280 e. The van der Waals surface area contributed by atoms with Gasteiger partial charge in [-0.15, -0.1) is 0 Å². The number of hydrogen-bond donors (Lipinski definition) is 2. The Balaban J connectivity index is 1.65. The lowest BCUT2D eigenvalue weighted by Gasteiger charge is -2.20. The molecule has 5 nitrogen and oxygen atoms in total. The van der Waals surface area contributed by atoms with Gasteiger partial charge in [0.1, 0.15) is 0 Å². The first kappa shape index (κ1) is 13.9. The number of nitrogens with zero attached hydrogens (tertiary/aromatic N) is 2. The monoisotopic (exact) mass is 278 g/mol. The Morgan fingerprint density at radius 3 is 2.95 bits per heavy atom. The van der Waals surface area contributed by atoms with E-state index in [0.29, 0.717) is 10.9 Å². The van der Waals surface area contributed by atoms with Gasteiger partial charge in [0, 0.05) is 11.4 Å². The number of hydrogen-bond acceptors (Lipinski definition) is 4. The number of hydrazone groups is 1. The van der Waals surface area contributed by atoms with E-state index in [0.717, 1.165) is 0 Å². The van der Waals surface area contributed by atoms with Crippen molar-refractivity contribution in [3.8, 4) is 0 Å². The Kier molecular flexibility index (Phi) is 5.68. The maximum absolute atomic E-state index is 11.5. The molecule has 2 amide bonds. The third kappa shape index (κ3) is 5.30. The highest BCUT2D eigenvalue weighted by Crippen LogP contribution is 2.26. The molecule has 1 heterocycles. The Morgan fingerprint density at radius 1 is 1.37 bits per heavy atom. The van der Waals surface area contributed by atoms with E-state index in [1.807, 2.05) is 18.2 Å². The fourth-order valence-corrected chi connectivity index (χ4v) is 2.84. The van der Waals surface area contributed by atoms with Crippen LogP contribution in [0, 0.1) is 0 Å². The predicted octanol–water partition coefficient (Wildman–Crippen LogP) is 2.70. The van der Waals surface area contributed by atoms with E-state index in [-0.39, 0.29) is 6.03 Å². The zero-order valence-electron chi connectivity index (χ0n) is 10.7. The number of carbonyl (C=O) groups excluding carboxylic acids is 1. The number of carbonyl (C=O) groups is 1. The first-order chi connectivity index (χ1) is 9.34. The van der Waals surface area contributed by atoms with Crippen LogP contribution >= 0.6 is 11.9 Å². The fraction of sp³-hybridized carbons (Fsp3) is 0.462. The highest BCUT2D eigenvalue weighted by atomic mass is 32.2. The molecule has 0 aromatic carbocycles. The minimum Gasteiger partial charge on any atom is -0.280 e. The van der Waals surface area contributed by atoms with Crippen molar-refractivity contribution in [2.24, 2.45) is 5.10 Å². The summed E-state index contributed by atoms with van der Waals surface area (Å²) in [5, 5.41) is 4.38. The van der Waals surface area contributed by atoms with Crippen LogP contribution in [-0.2, 0) is 0 Å². The summed E-state index contributed by atoms with van der Waals surface area (Å²) < 4.78 is 2.77. The second-order valence-corrected chi connectivity index (χ2v) is 5.54. The molecule has 2 rings (SSSR count). The Morgan fingerprint density at radius 2 is 2.21 bits per heavy atom. The van der Waals surface area contributed by atoms with E-state index in [4.69, 9.17) is 0 Å². The molecule has 0 aliphatic heterocycles. The van der Waals surface area contributed by atoms with Crippen LogP contribution in [0.2, 0.25) is 0 Å². The van der Waals surface area contributed by atoms with Crippen LogP contribution in [0.3, 0.4) is 0 Å². The molecular formula is C13H18N4OS. The van der Waals surface area contributed by atoms with E-state index in [2.05, 4.69) is 20.2 Å². The van der Waals surface area contributed by atoms with Crippen LogP contribution in [0.25, 0.3) is 0 Å². The van der Waals surface area contributed by atoms with Crippen molar-refractivity contribution in [3.05, 3.63) is 30.1 Å². The highest BCUT2D eigenvalue weighted by Gasteiger charge is 2.14. The molecule has 1 aliphatic carbocycles. The molecule has 0 bridgehead atoms. The number of rotatable bonds is 4. The lowest BCUT2D eigenvalue weighted by atomic mass is 10.0. The summed E-state index contributed by atoms with van der Waals surface area (Å²) in [5.41, 5.74) is 3.14. The van der Waals surface area contributed by atoms with Gasteiger partial charge in [0.05, 0.1) is 11.9 Å². The van der Waals surface area contributed by atoms with E-state index in [1.54, 1.807) is 6.20 Å². The average Bonchev–Trinajstić information content (AvgIpc) is 2.47. The largest absolute Gasteiger partial charge is 0.345 e. The van der Waals surface area contributed by atoms with E-state index in [9.17, 15) is 4.79 Å².